The van der Waals surface area contributed by atoms with Crippen molar-refractivity contribution in [2.75, 3.05) is 19.6 Å². The van der Waals surface area contributed by atoms with Gasteiger partial charge in [-0.05, 0) is 12.3 Å². The number of nitrogens with zero attached hydrogens (tertiary/aromatic N) is 2. The third-order valence-electron chi connectivity index (χ3n) is 2.46. The Kier molecular flexibility index (Phi) is 3.50. The lowest BCUT2D eigenvalue weighted by Crippen LogP contribution is -2.45. The maximum Gasteiger partial charge on any atom is 0.153 e. The third kappa shape index (κ3) is 2.86. The van der Waals surface area contributed by atoms with Crippen molar-refractivity contribution in [3.05, 3.63) is 0 Å². The van der Waals surface area contributed by atoms with Crippen molar-refractivity contribution >= 4 is 5.84 Å². The first-order valence-corrected chi connectivity index (χ1v) is 4.50. The lowest BCUT2D eigenvalue weighted by Gasteiger charge is -2.33. The molecule has 1 aliphatic rings. The van der Waals surface area contributed by atoms with Crippen LogP contribution in [0.3, 0.4) is 0 Å². The molecule has 0 aromatic heterocycles. The number of piperidine rings is 1. The first-order chi connectivity index (χ1) is 6.13. The van der Waals surface area contributed by atoms with E-state index in [9.17, 15) is 5.11 Å². The summed E-state index contributed by atoms with van der Waals surface area (Å²) in [7, 11) is 0. The Balaban J connectivity index is 2.37. The standard InChI is InChI=1S/C8H17N3O2/c1-6-4-11(3-2-7(6)12)5-8(9)10-13/h6-7,12-13H,2-5H2,1H3,(H2,9,10). The maximum atomic E-state index is 9.45. The van der Waals surface area contributed by atoms with Gasteiger partial charge in [-0.25, -0.2) is 0 Å². The number of hydrogen-bond acceptors (Lipinski definition) is 4. The highest BCUT2D eigenvalue weighted by Crippen LogP contribution is 2.15. The monoisotopic (exact) mass is 187 g/mol. The molecule has 0 bridgehead atoms. The number of aliphatic hydroxyl groups excluding tert-OH is 1. The fourth-order valence-corrected chi connectivity index (χ4v) is 1.62. The van der Waals surface area contributed by atoms with Crippen LogP contribution in [0.2, 0.25) is 0 Å². The van der Waals surface area contributed by atoms with Crippen molar-refractivity contribution in [2.45, 2.75) is 19.4 Å². The number of rotatable bonds is 2. The number of nitrogens with two attached hydrogens (primary N) is 1. The predicted molar refractivity (Wildman–Crippen MR) is 49.6 cm³/mol. The molecule has 0 aliphatic carbocycles. The van der Waals surface area contributed by atoms with Crippen molar-refractivity contribution in [1.82, 2.24) is 4.90 Å². The van der Waals surface area contributed by atoms with Gasteiger partial charge in [-0.2, -0.15) is 0 Å². The largest absolute Gasteiger partial charge is 0.409 e. The molecule has 76 valence electrons. The minimum absolute atomic E-state index is 0.205. The SMILES string of the molecule is CC1CN(CC(N)=NO)CCC1O. The van der Waals surface area contributed by atoms with E-state index in [0.717, 1.165) is 19.5 Å². The van der Waals surface area contributed by atoms with Crippen LogP contribution < -0.4 is 5.73 Å². The number of likely N-dealkylation sites (tertiary alicyclic amines) is 1. The van der Waals surface area contributed by atoms with Crippen molar-refractivity contribution in [3.63, 3.8) is 0 Å². The van der Waals surface area contributed by atoms with Crippen molar-refractivity contribution < 1.29 is 10.3 Å². The summed E-state index contributed by atoms with van der Waals surface area (Å²) in [6.45, 7) is 4.09. The summed E-state index contributed by atoms with van der Waals surface area (Å²) in [5, 5.41) is 20.7. The van der Waals surface area contributed by atoms with Crippen LogP contribution in [0, 0.1) is 5.92 Å². The van der Waals surface area contributed by atoms with Gasteiger partial charge in [0.2, 0.25) is 0 Å². The molecule has 2 atom stereocenters. The summed E-state index contributed by atoms with van der Waals surface area (Å²) >= 11 is 0. The second kappa shape index (κ2) is 4.43. The van der Waals surface area contributed by atoms with Crippen LogP contribution >= 0.6 is 0 Å². The molecule has 1 heterocycles. The Morgan fingerprint density at radius 1 is 1.69 bits per heavy atom. The molecule has 0 aromatic carbocycles. The molecule has 13 heavy (non-hydrogen) atoms. The third-order valence-corrected chi connectivity index (χ3v) is 2.46. The lowest BCUT2D eigenvalue weighted by atomic mass is 9.97. The summed E-state index contributed by atoms with van der Waals surface area (Å²) in [5.41, 5.74) is 5.38. The average Bonchev–Trinajstić information content (AvgIpc) is 2.11. The minimum atomic E-state index is -0.205. The minimum Gasteiger partial charge on any atom is -0.409 e. The Morgan fingerprint density at radius 2 is 2.38 bits per heavy atom. The van der Waals surface area contributed by atoms with E-state index in [1.165, 1.54) is 0 Å². The van der Waals surface area contributed by atoms with Gasteiger partial charge in [-0.15, -0.1) is 0 Å². The maximum absolute atomic E-state index is 9.45. The van der Waals surface area contributed by atoms with E-state index in [0.29, 0.717) is 6.54 Å². The molecular formula is C8H17N3O2. The van der Waals surface area contributed by atoms with E-state index in [1.54, 1.807) is 0 Å². The Bertz CT molecular complexity index is 196. The summed E-state index contributed by atoms with van der Waals surface area (Å²) in [6.07, 6.45) is 0.559. The molecule has 0 spiro atoms. The molecular weight excluding hydrogens is 170 g/mol. The Labute approximate surface area is 77.8 Å². The Morgan fingerprint density at radius 3 is 2.92 bits per heavy atom. The molecule has 0 saturated carbocycles. The van der Waals surface area contributed by atoms with E-state index in [1.807, 2.05) is 6.92 Å². The van der Waals surface area contributed by atoms with Crippen LogP contribution in [-0.2, 0) is 0 Å². The molecule has 0 radical (unpaired) electrons. The fraction of sp³-hybridized carbons (Fsp3) is 0.875. The van der Waals surface area contributed by atoms with Crippen LogP contribution in [0.5, 0.6) is 0 Å². The summed E-state index contributed by atoms with van der Waals surface area (Å²) in [4.78, 5) is 2.08. The zero-order chi connectivity index (χ0) is 9.84. The van der Waals surface area contributed by atoms with Gasteiger partial charge >= 0.3 is 0 Å². The van der Waals surface area contributed by atoms with Gasteiger partial charge in [0.05, 0.1) is 12.6 Å². The van der Waals surface area contributed by atoms with E-state index >= 15 is 0 Å². The van der Waals surface area contributed by atoms with Crippen LogP contribution in [0.1, 0.15) is 13.3 Å². The van der Waals surface area contributed by atoms with Gasteiger partial charge in [0.1, 0.15) is 0 Å². The van der Waals surface area contributed by atoms with Crippen LogP contribution in [0.25, 0.3) is 0 Å². The smallest absolute Gasteiger partial charge is 0.153 e. The molecule has 5 heteroatoms. The van der Waals surface area contributed by atoms with Crippen molar-refractivity contribution in [3.8, 4) is 0 Å². The molecule has 1 fully saturated rings. The fourth-order valence-electron chi connectivity index (χ4n) is 1.62. The van der Waals surface area contributed by atoms with Crippen LogP contribution in [-0.4, -0.2) is 46.8 Å². The lowest BCUT2D eigenvalue weighted by molar-refractivity contribution is 0.0408. The van der Waals surface area contributed by atoms with Gasteiger partial charge in [-0.1, -0.05) is 12.1 Å². The van der Waals surface area contributed by atoms with Gasteiger partial charge in [-0.3, -0.25) is 4.90 Å². The zero-order valence-corrected chi connectivity index (χ0v) is 7.85. The molecule has 5 nitrogen and oxygen atoms in total. The quantitative estimate of drug-likeness (QED) is 0.234. The van der Waals surface area contributed by atoms with E-state index in [-0.39, 0.29) is 17.9 Å². The van der Waals surface area contributed by atoms with Crippen molar-refractivity contribution in [2.24, 2.45) is 16.8 Å². The molecule has 2 unspecified atom stereocenters. The van der Waals surface area contributed by atoms with Crippen LogP contribution in [0.4, 0.5) is 0 Å². The number of oxime groups is 1. The molecule has 4 N–H and O–H groups in total. The molecule has 1 saturated heterocycles. The first kappa shape index (κ1) is 10.3. The van der Waals surface area contributed by atoms with E-state index in [4.69, 9.17) is 10.9 Å². The average molecular weight is 187 g/mol. The Hall–Kier alpha value is -0.810. The number of aliphatic hydroxyl groups is 1. The van der Waals surface area contributed by atoms with Gasteiger partial charge < -0.3 is 16.0 Å². The summed E-state index contributed by atoms with van der Waals surface area (Å²) in [6, 6.07) is 0. The van der Waals surface area contributed by atoms with Gasteiger partial charge in [0.15, 0.2) is 5.84 Å². The second-order valence-corrected chi connectivity index (χ2v) is 3.66. The molecule has 1 aliphatic heterocycles. The number of amidine groups is 1. The molecule has 1 rings (SSSR count). The topological polar surface area (TPSA) is 82.1 Å². The predicted octanol–water partition coefficient (Wildman–Crippen LogP) is -0.564. The number of hydrogen-bond donors (Lipinski definition) is 3. The first-order valence-electron chi connectivity index (χ1n) is 4.50. The normalized spacial score (nSPS) is 32.0. The highest BCUT2D eigenvalue weighted by molar-refractivity contribution is 5.81. The van der Waals surface area contributed by atoms with E-state index < -0.39 is 0 Å². The summed E-state index contributed by atoms with van der Waals surface area (Å²) in [5.74, 6) is 0.490. The van der Waals surface area contributed by atoms with Gasteiger partial charge in [0.25, 0.3) is 0 Å². The van der Waals surface area contributed by atoms with Crippen LogP contribution in [0.15, 0.2) is 5.16 Å². The van der Waals surface area contributed by atoms with Crippen molar-refractivity contribution in [1.29, 1.82) is 0 Å². The molecule has 0 aromatic rings. The van der Waals surface area contributed by atoms with Gasteiger partial charge in [0, 0.05) is 13.1 Å². The summed E-state index contributed by atoms with van der Waals surface area (Å²) < 4.78 is 0. The zero-order valence-electron chi connectivity index (χ0n) is 7.85. The highest BCUT2D eigenvalue weighted by Gasteiger charge is 2.24. The van der Waals surface area contributed by atoms with E-state index in [2.05, 4.69) is 10.1 Å². The highest BCUT2D eigenvalue weighted by atomic mass is 16.4. The second-order valence-electron chi connectivity index (χ2n) is 3.66. The molecule has 0 amide bonds.